The van der Waals surface area contributed by atoms with Crippen LogP contribution in [0.2, 0.25) is 0 Å². The molecule has 0 bridgehead atoms. The van der Waals surface area contributed by atoms with Gasteiger partial charge in [0.15, 0.2) is 0 Å². The van der Waals surface area contributed by atoms with Gasteiger partial charge in [0.05, 0.1) is 5.38 Å². The number of alkyl halides is 3. The molecule has 1 aromatic carbocycles. The van der Waals surface area contributed by atoms with E-state index in [2.05, 4.69) is 10.1 Å². The fourth-order valence-electron chi connectivity index (χ4n) is 1.32. The molecule has 2 aromatic rings. The minimum Gasteiger partial charge on any atom is -0.405 e. The Labute approximate surface area is 88.1 Å². The van der Waals surface area contributed by atoms with E-state index in [1.54, 1.807) is 6.07 Å². The highest BCUT2D eigenvalue weighted by atomic mass is 32.1. The summed E-state index contributed by atoms with van der Waals surface area (Å²) in [4.78, 5) is 0.928. The van der Waals surface area contributed by atoms with E-state index in [1.165, 1.54) is 23.5 Å². The van der Waals surface area contributed by atoms with Crippen LogP contribution in [-0.4, -0.2) is 6.36 Å². The highest BCUT2D eigenvalue weighted by Crippen LogP contribution is 2.34. The number of benzene rings is 1. The first-order chi connectivity index (χ1) is 6.97. The Hall–Kier alpha value is -1.23. The Morgan fingerprint density at radius 3 is 2.73 bits per heavy atom. The van der Waals surface area contributed by atoms with Gasteiger partial charge in [0.2, 0.25) is 0 Å². The van der Waals surface area contributed by atoms with Crippen LogP contribution in [0.25, 0.3) is 10.8 Å². The summed E-state index contributed by atoms with van der Waals surface area (Å²) in [6, 6.07) is 4.58. The Morgan fingerprint density at radius 1 is 1.33 bits per heavy atom. The molecule has 1 heterocycles. The molecule has 0 spiro atoms. The van der Waals surface area contributed by atoms with Crippen LogP contribution in [-0.2, 0) is 0 Å². The van der Waals surface area contributed by atoms with E-state index < -0.39 is 6.36 Å². The van der Waals surface area contributed by atoms with Gasteiger partial charge in [-0.1, -0.05) is 12.1 Å². The van der Waals surface area contributed by atoms with E-state index in [4.69, 9.17) is 0 Å². The largest absolute Gasteiger partial charge is 0.573 e. The number of ether oxygens (including phenoxy) is 1. The molecule has 2 rings (SSSR count). The molecule has 15 heavy (non-hydrogen) atoms. The number of halogens is 3. The van der Waals surface area contributed by atoms with Crippen molar-refractivity contribution in [2.45, 2.75) is 13.3 Å². The van der Waals surface area contributed by atoms with Crippen molar-refractivity contribution >= 4 is 22.1 Å². The lowest BCUT2D eigenvalue weighted by Crippen LogP contribution is -2.17. The second-order valence-corrected chi connectivity index (χ2v) is 4.01. The van der Waals surface area contributed by atoms with Crippen molar-refractivity contribution in [3.63, 3.8) is 0 Å². The Morgan fingerprint density at radius 2 is 2.07 bits per heavy atom. The van der Waals surface area contributed by atoms with Crippen molar-refractivity contribution in [2.75, 3.05) is 0 Å². The average molecular weight is 231 g/mol. The van der Waals surface area contributed by atoms with Crippen LogP contribution in [0.15, 0.2) is 18.2 Å². The first-order valence-corrected chi connectivity index (χ1v) is 4.94. The number of thiophene rings is 1. The van der Waals surface area contributed by atoms with E-state index in [9.17, 15) is 13.2 Å². The predicted octanol–water partition coefficient (Wildman–Crippen LogP) is 3.91. The first-order valence-electron chi connectivity index (χ1n) is 4.13. The summed E-state index contributed by atoms with van der Waals surface area (Å²) in [7, 11) is 0. The molecule has 0 atom stereocenters. The van der Waals surface area contributed by atoms with Crippen LogP contribution in [0, 0.1) is 12.3 Å². The minimum atomic E-state index is -4.65. The lowest BCUT2D eigenvalue weighted by Gasteiger charge is -2.09. The normalized spacial score (nSPS) is 12.0. The van der Waals surface area contributed by atoms with Crippen molar-refractivity contribution in [1.82, 2.24) is 0 Å². The molecule has 0 aliphatic carbocycles. The second-order valence-electron chi connectivity index (χ2n) is 2.99. The molecule has 0 saturated heterocycles. The van der Waals surface area contributed by atoms with Crippen LogP contribution in [0.3, 0.4) is 0 Å². The average Bonchev–Trinajstić information content (AvgIpc) is 2.47. The maximum absolute atomic E-state index is 12.0. The van der Waals surface area contributed by atoms with E-state index in [0.717, 1.165) is 10.3 Å². The number of hydrogen-bond donors (Lipinski definition) is 0. The van der Waals surface area contributed by atoms with Gasteiger partial charge in [-0.3, -0.25) is 0 Å². The third-order valence-corrected chi connectivity index (χ3v) is 2.77. The van der Waals surface area contributed by atoms with Gasteiger partial charge >= 0.3 is 6.36 Å². The predicted molar refractivity (Wildman–Crippen MR) is 52.1 cm³/mol. The first kappa shape index (κ1) is 10.3. The highest BCUT2D eigenvalue weighted by Gasteiger charge is 2.31. The SMILES string of the molecule is Cc1s[c]c2c(OC(F)(F)F)cccc12. The van der Waals surface area contributed by atoms with Gasteiger partial charge in [-0.15, -0.1) is 24.5 Å². The van der Waals surface area contributed by atoms with Crippen molar-refractivity contribution in [3.8, 4) is 5.75 Å². The van der Waals surface area contributed by atoms with Crippen LogP contribution in [0.5, 0.6) is 5.75 Å². The number of fused-ring (bicyclic) bond motifs is 1. The summed E-state index contributed by atoms with van der Waals surface area (Å²) in [5.41, 5.74) is 0. The zero-order valence-electron chi connectivity index (χ0n) is 7.68. The molecule has 0 unspecified atom stereocenters. The highest BCUT2D eigenvalue weighted by molar-refractivity contribution is 7.11. The quantitative estimate of drug-likeness (QED) is 0.723. The summed E-state index contributed by atoms with van der Waals surface area (Å²) >= 11 is 1.29. The molecule has 1 nitrogen and oxygen atoms in total. The van der Waals surface area contributed by atoms with E-state index >= 15 is 0 Å². The molecule has 1 aromatic heterocycles. The molecule has 0 saturated carbocycles. The summed E-state index contributed by atoms with van der Waals surface area (Å²) in [6.07, 6.45) is -4.65. The van der Waals surface area contributed by atoms with Crippen LogP contribution in [0.4, 0.5) is 13.2 Å². The van der Waals surface area contributed by atoms with Crippen LogP contribution in [0.1, 0.15) is 4.88 Å². The molecule has 0 aliphatic heterocycles. The standard InChI is InChI=1S/C10H6F3OS/c1-6-7-3-2-4-9(8(7)5-15-6)14-10(11,12)13/h2-4H,1H3. The third-order valence-electron chi connectivity index (χ3n) is 1.94. The van der Waals surface area contributed by atoms with Gasteiger partial charge in [0.1, 0.15) is 5.75 Å². The Balaban J connectivity index is 2.52. The molecule has 0 aliphatic rings. The fraction of sp³-hybridized carbons (Fsp3) is 0.200. The van der Waals surface area contributed by atoms with Gasteiger partial charge in [-0.05, 0) is 18.4 Å². The maximum Gasteiger partial charge on any atom is 0.573 e. The van der Waals surface area contributed by atoms with Crippen molar-refractivity contribution in [1.29, 1.82) is 0 Å². The van der Waals surface area contributed by atoms with Gasteiger partial charge < -0.3 is 4.74 Å². The molecular formula is C10H6F3OS. The summed E-state index contributed by atoms with van der Waals surface area (Å²) in [5.74, 6) is -0.190. The van der Waals surface area contributed by atoms with Gasteiger partial charge in [-0.25, -0.2) is 0 Å². The van der Waals surface area contributed by atoms with Crippen molar-refractivity contribution in [2.24, 2.45) is 0 Å². The topological polar surface area (TPSA) is 9.23 Å². The van der Waals surface area contributed by atoms with E-state index in [-0.39, 0.29) is 5.75 Å². The summed E-state index contributed by atoms with van der Waals surface area (Å²) in [6.45, 7) is 1.83. The second kappa shape index (κ2) is 3.41. The zero-order valence-corrected chi connectivity index (χ0v) is 8.50. The van der Waals surface area contributed by atoms with E-state index in [1.807, 2.05) is 6.92 Å². The number of rotatable bonds is 1. The minimum absolute atomic E-state index is 0.190. The Kier molecular flexibility index (Phi) is 2.34. The maximum atomic E-state index is 12.0. The van der Waals surface area contributed by atoms with Gasteiger partial charge in [-0.2, -0.15) is 0 Å². The lowest BCUT2D eigenvalue weighted by atomic mass is 10.2. The summed E-state index contributed by atoms with van der Waals surface area (Å²) < 4.78 is 40.0. The smallest absolute Gasteiger partial charge is 0.405 e. The van der Waals surface area contributed by atoms with Crippen LogP contribution < -0.4 is 4.74 Å². The monoisotopic (exact) mass is 231 g/mol. The van der Waals surface area contributed by atoms with Gasteiger partial charge in [0, 0.05) is 10.3 Å². The van der Waals surface area contributed by atoms with Crippen LogP contribution >= 0.6 is 11.3 Å². The molecule has 1 radical (unpaired) electrons. The third kappa shape index (κ3) is 2.07. The zero-order chi connectivity index (χ0) is 11.1. The van der Waals surface area contributed by atoms with Crippen molar-refractivity contribution in [3.05, 3.63) is 28.5 Å². The molecule has 79 valence electrons. The molecule has 5 heteroatoms. The lowest BCUT2D eigenvalue weighted by molar-refractivity contribution is -0.274. The Bertz CT molecular complexity index is 487. The van der Waals surface area contributed by atoms with Gasteiger partial charge in [0.25, 0.3) is 0 Å². The molecule has 0 fully saturated rings. The van der Waals surface area contributed by atoms with Crippen molar-refractivity contribution < 1.29 is 17.9 Å². The summed E-state index contributed by atoms with van der Waals surface area (Å²) in [5, 5.41) is 3.93. The fourth-order valence-corrected chi connectivity index (χ4v) is 2.07. The van der Waals surface area contributed by atoms with E-state index in [0.29, 0.717) is 5.39 Å². The molecule has 0 amide bonds. The number of hydrogen-bond acceptors (Lipinski definition) is 2. The molecular weight excluding hydrogens is 225 g/mol. The molecule has 0 N–H and O–H groups in total. The number of aryl methyl sites for hydroxylation is 1.